The Morgan fingerprint density at radius 1 is 0.260 bits per heavy atom. The molecule has 0 fully saturated rings. The molecule has 11 aromatic rings. The van der Waals surface area contributed by atoms with E-state index in [2.05, 4.69) is 170 Å². The van der Waals surface area contributed by atoms with Crippen molar-refractivity contribution in [2.75, 3.05) is 0 Å². The van der Waals surface area contributed by atoms with Crippen LogP contribution in [0.2, 0.25) is 0 Å². The molecule has 232 valence electrons. The van der Waals surface area contributed by atoms with E-state index in [0.717, 1.165) is 0 Å². The fraction of sp³-hybridized carbons (Fsp3) is 0. The highest BCUT2D eigenvalue weighted by Crippen LogP contribution is 2.47. The first kappa shape index (κ1) is 28.1. The van der Waals surface area contributed by atoms with Crippen molar-refractivity contribution in [3.63, 3.8) is 0 Å². The lowest BCUT2D eigenvalue weighted by Crippen LogP contribution is -1.91. The third kappa shape index (κ3) is 4.16. The van der Waals surface area contributed by atoms with Gasteiger partial charge in [0.15, 0.2) is 0 Å². The fourth-order valence-electron chi connectivity index (χ4n) is 8.18. The van der Waals surface area contributed by atoms with E-state index in [-0.39, 0.29) is 0 Å². The van der Waals surface area contributed by atoms with E-state index in [1.165, 1.54) is 106 Å². The Hall–Kier alpha value is -5.80. The first-order valence-corrected chi connectivity index (χ1v) is 18.7. The van der Waals surface area contributed by atoms with Crippen LogP contribution in [0, 0.1) is 0 Å². The standard InChI is InChI=1S/C48H28S2/c1-2-10-29(11-3-1)30-18-20-31(21-19-30)46-35-13-4-6-15-37(35)47(38-16-7-5-14-36(38)46)33-22-24-39-44(27-33)50-43-25-23-32-26-41-34-12-8-9-17-42(34)49-45(41)28-40(32)48(39)43/h1-28H. The molecule has 2 heteroatoms. The van der Waals surface area contributed by atoms with Crippen LogP contribution in [0.3, 0.4) is 0 Å². The molecule has 0 saturated heterocycles. The number of hydrogen-bond donors (Lipinski definition) is 0. The highest BCUT2D eigenvalue weighted by Gasteiger charge is 2.18. The van der Waals surface area contributed by atoms with Crippen molar-refractivity contribution in [3.05, 3.63) is 170 Å². The first-order valence-electron chi connectivity index (χ1n) is 17.1. The van der Waals surface area contributed by atoms with Crippen molar-refractivity contribution in [2.45, 2.75) is 0 Å². The second kappa shape index (κ2) is 10.9. The van der Waals surface area contributed by atoms with Crippen molar-refractivity contribution in [2.24, 2.45) is 0 Å². The second-order valence-electron chi connectivity index (χ2n) is 13.2. The van der Waals surface area contributed by atoms with E-state index in [1.54, 1.807) is 0 Å². The Morgan fingerprint density at radius 2 is 0.800 bits per heavy atom. The zero-order chi connectivity index (χ0) is 32.8. The summed E-state index contributed by atoms with van der Waals surface area (Å²) in [7, 11) is 0. The average Bonchev–Trinajstić information content (AvgIpc) is 3.74. The number of thiophene rings is 2. The lowest BCUT2D eigenvalue weighted by Gasteiger charge is -2.18. The summed E-state index contributed by atoms with van der Waals surface area (Å²) in [5, 5.41) is 13.2. The van der Waals surface area contributed by atoms with Crippen LogP contribution >= 0.6 is 22.7 Å². The highest BCUT2D eigenvalue weighted by atomic mass is 32.1. The third-order valence-electron chi connectivity index (χ3n) is 10.5. The topological polar surface area (TPSA) is 0 Å². The molecule has 0 amide bonds. The number of fused-ring (bicyclic) bond motifs is 10. The first-order chi connectivity index (χ1) is 24.8. The lowest BCUT2D eigenvalue weighted by atomic mass is 9.85. The minimum absolute atomic E-state index is 1.23. The SMILES string of the molecule is c1ccc(-c2ccc(-c3c4ccccc4c(-c4ccc5c(c4)sc4ccc6cc7c(cc6c45)sc4ccccc47)c4ccccc34)cc2)cc1. The fourth-order valence-corrected chi connectivity index (χ4v) is 10.5. The number of benzene rings is 9. The molecule has 0 saturated carbocycles. The van der Waals surface area contributed by atoms with Crippen LogP contribution in [-0.4, -0.2) is 0 Å². The predicted octanol–water partition coefficient (Wildman–Crippen LogP) is 14.9. The van der Waals surface area contributed by atoms with Gasteiger partial charge in [-0.2, -0.15) is 0 Å². The molecule has 2 heterocycles. The average molecular weight is 669 g/mol. The quantitative estimate of drug-likeness (QED) is 0.164. The summed E-state index contributed by atoms with van der Waals surface area (Å²) >= 11 is 3.81. The minimum Gasteiger partial charge on any atom is -0.135 e. The van der Waals surface area contributed by atoms with Gasteiger partial charge in [0.05, 0.1) is 0 Å². The molecule has 0 nitrogen and oxygen atoms in total. The van der Waals surface area contributed by atoms with Gasteiger partial charge < -0.3 is 0 Å². The highest BCUT2D eigenvalue weighted by molar-refractivity contribution is 7.26. The number of hydrogen-bond acceptors (Lipinski definition) is 2. The zero-order valence-electron chi connectivity index (χ0n) is 27.0. The van der Waals surface area contributed by atoms with Gasteiger partial charge in [-0.25, -0.2) is 0 Å². The molecule has 0 radical (unpaired) electrons. The molecular formula is C48H28S2. The maximum Gasteiger partial charge on any atom is 0.0362 e. The van der Waals surface area contributed by atoms with E-state index in [0.29, 0.717) is 0 Å². The largest absolute Gasteiger partial charge is 0.135 e. The van der Waals surface area contributed by atoms with Crippen LogP contribution < -0.4 is 0 Å². The Kier molecular flexibility index (Phi) is 6.09. The summed E-state index contributed by atoms with van der Waals surface area (Å²) in [5.74, 6) is 0. The molecule has 0 N–H and O–H groups in total. The molecule has 0 atom stereocenters. The molecule has 2 aromatic heterocycles. The second-order valence-corrected chi connectivity index (χ2v) is 15.4. The summed E-state index contributed by atoms with van der Waals surface area (Å²) in [6, 6.07) is 63.0. The third-order valence-corrected chi connectivity index (χ3v) is 12.7. The van der Waals surface area contributed by atoms with Crippen molar-refractivity contribution in [3.8, 4) is 33.4 Å². The van der Waals surface area contributed by atoms with Crippen molar-refractivity contribution in [1.29, 1.82) is 0 Å². The van der Waals surface area contributed by atoms with Crippen molar-refractivity contribution in [1.82, 2.24) is 0 Å². The van der Waals surface area contributed by atoms with Crippen LogP contribution in [-0.2, 0) is 0 Å². The summed E-state index contributed by atoms with van der Waals surface area (Å²) in [6.45, 7) is 0. The molecule has 0 bridgehead atoms. The van der Waals surface area contributed by atoms with Crippen LogP contribution in [0.5, 0.6) is 0 Å². The van der Waals surface area contributed by atoms with Gasteiger partial charge in [-0.3, -0.25) is 0 Å². The van der Waals surface area contributed by atoms with Gasteiger partial charge in [0.2, 0.25) is 0 Å². The lowest BCUT2D eigenvalue weighted by molar-refractivity contribution is 1.61. The molecule has 0 aliphatic rings. The van der Waals surface area contributed by atoms with Gasteiger partial charge in [-0.15, -0.1) is 22.7 Å². The van der Waals surface area contributed by atoms with E-state index >= 15 is 0 Å². The minimum atomic E-state index is 1.23. The van der Waals surface area contributed by atoms with Crippen LogP contribution in [0.15, 0.2) is 170 Å². The van der Waals surface area contributed by atoms with Crippen LogP contribution in [0.25, 0.3) is 106 Å². The molecule has 0 unspecified atom stereocenters. The Balaban J connectivity index is 1.12. The van der Waals surface area contributed by atoms with Crippen molar-refractivity contribution < 1.29 is 0 Å². The van der Waals surface area contributed by atoms with Crippen LogP contribution in [0.4, 0.5) is 0 Å². The maximum absolute atomic E-state index is 2.44. The van der Waals surface area contributed by atoms with Gasteiger partial charge in [-0.05, 0) is 96.0 Å². The smallest absolute Gasteiger partial charge is 0.0362 e. The van der Waals surface area contributed by atoms with E-state index in [1.807, 2.05) is 22.7 Å². The molecule has 9 aromatic carbocycles. The predicted molar refractivity (Wildman–Crippen MR) is 221 cm³/mol. The summed E-state index contributed by atoms with van der Waals surface area (Å²) in [4.78, 5) is 0. The van der Waals surface area contributed by atoms with Gasteiger partial charge >= 0.3 is 0 Å². The Bertz CT molecular complexity index is 3070. The van der Waals surface area contributed by atoms with Gasteiger partial charge in [0, 0.05) is 40.3 Å². The van der Waals surface area contributed by atoms with Gasteiger partial charge in [0.25, 0.3) is 0 Å². The zero-order valence-corrected chi connectivity index (χ0v) is 28.6. The molecule has 0 aliphatic carbocycles. The molecule has 50 heavy (non-hydrogen) atoms. The van der Waals surface area contributed by atoms with E-state index in [9.17, 15) is 0 Å². The van der Waals surface area contributed by atoms with E-state index in [4.69, 9.17) is 0 Å². The van der Waals surface area contributed by atoms with Crippen LogP contribution in [0.1, 0.15) is 0 Å². The molecule has 0 aliphatic heterocycles. The summed E-state index contributed by atoms with van der Waals surface area (Å²) in [5.41, 5.74) is 7.57. The Morgan fingerprint density at radius 3 is 1.52 bits per heavy atom. The monoisotopic (exact) mass is 668 g/mol. The summed E-state index contributed by atoms with van der Waals surface area (Å²) in [6.07, 6.45) is 0. The molecular weight excluding hydrogens is 641 g/mol. The van der Waals surface area contributed by atoms with Crippen molar-refractivity contribution >= 4 is 95.3 Å². The van der Waals surface area contributed by atoms with E-state index < -0.39 is 0 Å². The summed E-state index contributed by atoms with van der Waals surface area (Å²) < 4.78 is 5.38. The normalized spacial score (nSPS) is 12.0. The molecule has 11 rings (SSSR count). The maximum atomic E-state index is 2.44. The van der Waals surface area contributed by atoms with Gasteiger partial charge in [0.1, 0.15) is 0 Å². The molecule has 0 spiro atoms. The van der Waals surface area contributed by atoms with Gasteiger partial charge in [-0.1, -0.05) is 140 Å². The Labute approximate surface area is 297 Å². The number of rotatable bonds is 3.